The van der Waals surface area contributed by atoms with Crippen LogP contribution in [0.2, 0.25) is 0 Å². The van der Waals surface area contributed by atoms with Crippen molar-refractivity contribution >= 4 is 11.7 Å². The molecule has 0 aromatic heterocycles. The van der Waals surface area contributed by atoms with Crippen molar-refractivity contribution in [2.45, 2.75) is 25.9 Å². The van der Waals surface area contributed by atoms with Gasteiger partial charge in [0.1, 0.15) is 18.5 Å². The van der Waals surface area contributed by atoms with Gasteiger partial charge < -0.3 is 9.84 Å². The Bertz CT molecular complexity index is 507. The van der Waals surface area contributed by atoms with E-state index in [4.69, 9.17) is 9.84 Å². The molecule has 0 heterocycles. The lowest BCUT2D eigenvalue weighted by molar-refractivity contribution is -0.386. The highest BCUT2D eigenvalue weighted by Gasteiger charge is 2.22. The van der Waals surface area contributed by atoms with Crippen LogP contribution in [0.5, 0.6) is 5.75 Å². The van der Waals surface area contributed by atoms with Crippen LogP contribution in [0.1, 0.15) is 13.8 Å². The molecule has 1 aromatic rings. The molecule has 0 aliphatic rings. The second-order valence-electron chi connectivity index (χ2n) is 4.39. The van der Waals surface area contributed by atoms with Crippen molar-refractivity contribution in [2.24, 2.45) is 0 Å². The van der Waals surface area contributed by atoms with Gasteiger partial charge >= 0.3 is 11.7 Å². The van der Waals surface area contributed by atoms with Gasteiger partial charge in [0.05, 0.1) is 11.0 Å². The molecule has 0 fully saturated rings. The SMILES string of the molecule is CC(C)NC(COc1ccc(F)cc1[N+](=O)[O-])C(=O)O. The molecule has 110 valence electrons. The highest BCUT2D eigenvalue weighted by molar-refractivity contribution is 5.73. The Hall–Kier alpha value is -2.22. The summed E-state index contributed by atoms with van der Waals surface area (Å²) in [5.41, 5.74) is -0.543. The monoisotopic (exact) mass is 286 g/mol. The number of rotatable bonds is 7. The summed E-state index contributed by atoms with van der Waals surface area (Å²) in [6.45, 7) is 3.21. The molecule has 0 radical (unpaired) electrons. The molecular formula is C12H15FN2O5. The molecule has 0 amide bonds. The Morgan fingerprint density at radius 1 is 1.55 bits per heavy atom. The summed E-state index contributed by atoms with van der Waals surface area (Å²) in [6, 6.07) is 1.72. The summed E-state index contributed by atoms with van der Waals surface area (Å²) in [6.07, 6.45) is 0. The van der Waals surface area contributed by atoms with Crippen LogP contribution < -0.4 is 10.1 Å². The molecule has 0 bridgehead atoms. The number of aliphatic carboxylic acids is 1. The quantitative estimate of drug-likeness (QED) is 0.582. The number of nitrogens with one attached hydrogen (secondary N) is 1. The number of hydrogen-bond donors (Lipinski definition) is 2. The first kappa shape index (κ1) is 15.8. The minimum absolute atomic E-state index is 0.0945. The summed E-state index contributed by atoms with van der Waals surface area (Å²) in [4.78, 5) is 21.0. The van der Waals surface area contributed by atoms with Gasteiger partial charge in [-0.3, -0.25) is 20.2 Å². The number of carboxylic acids is 1. The lowest BCUT2D eigenvalue weighted by atomic mass is 10.2. The third-order valence-corrected chi connectivity index (χ3v) is 2.36. The summed E-state index contributed by atoms with van der Waals surface area (Å²) in [5, 5.41) is 22.5. The average molecular weight is 286 g/mol. The van der Waals surface area contributed by atoms with Crippen LogP contribution in [0.3, 0.4) is 0 Å². The zero-order valence-corrected chi connectivity index (χ0v) is 11.0. The normalized spacial score (nSPS) is 12.2. The van der Waals surface area contributed by atoms with Crippen LogP contribution in [0.25, 0.3) is 0 Å². The summed E-state index contributed by atoms with van der Waals surface area (Å²) in [7, 11) is 0. The van der Waals surface area contributed by atoms with E-state index in [9.17, 15) is 19.3 Å². The Labute approximate surface area is 114 Å². The van der Waals surface area contributed by atoms with Crippen molar-refractivity contribution in [1.29, 1.82) is 0 Å². The minimum atomic E-state index is -1.14. The van der Waals surface area contributed by atoms with E-state index >= 15 is 0 Å². The molecule has 1 atom stereocenters. The van der Waals surface area contributed by atoms with Gasteiger partial charge in [0, 0.05) is 6.04 Å². The highest BCUT2D eigenvalue weighted by Crippen LogP contribution is 2.27. The Kier molecular flexibility index (Phi) is 5.39. The van der Waals surface area contributed by atoms with Gasteiger partial charge in [-0.15, -0.1) is 0 Å². The molecule has 20 heavy (non-hydrogen) atoms. The van der Waals surface area contributed by atoms with Crippen molar-refractivity contribution < 1.29 is 24.0 Å². The first-order valence-electron chi connectivity index (χ1n) is 5.87. The van der Waals surface area contributed by atoms with E-state index in [-0.39, 0.29) is 18.4 Å². The molecule has 0 aliphatic heterocycles. The molecule has 1 aromatic carbocycles. The lowest BCUT2D eigenvalue weighted by Gasteiger charge is -2.17. The maximum absolute atomic E-state index is 12.9. The first-order chi connectivity index (χ1) is 9.31. The molecule has 0 saturated carbocycles. The zero-order valence-electron chi connectivity index (χ0n) is 11.0. The maximum Gasteiger partial charge on any atom is 0.324 e. The van der Waals surface area contributed by atoms with Crippen molar-refractivity contribution in [3.63, 3.8) is 0 Å². The molecule has 0 spiro atoms. The van der Waals surface area contributed by atoms with Crippen LogP contribution in [-0.2, 0) is 4.79 Å². The number of halogens is 1. The van der Waals surface area contributed by atoms with Crippen molar-refractivity contribution in [1.82, 2.24) is 5.32 Å². The van der Waals surface area contributed by atoms with Crippen LogP contribution in [0, 0.1) is 15.9 Å². The van der Waals surface area contributed by atoms with Crippen molar-refractivity contribution in [2.75, 3.05) is 6.61 Å². The predicted octanol–water partition coefficient (Wildman–Crippen LogP) is 1.56. The fourth-order valence-electron chi connectivity index (χ4n) is 1.52. The van der Waals surface area contributed by atoms with Gasteiger partial charge in [-0.25, -0.2) is 4.39 Å². The van der Waals surface area contributed by atoms with Crippen molar-refractivity contribution in [3.8, 4) is 5.75 Å². The van der Waals surface area contributed by atoms with Gasteiger partial charge in [0.15, 0.2) is 5.75 Å². The van der Waals surface area contributed by atoms with E-state index in [0.29, 0.717) is 0 Å². The molecule has 1 unspecified atom stereocenters. The summed E-state index contributed by atoms with van der Waals surface area (Å²) < 4.78 is 18.1. The Morgan fingerprint density at radius 3 is 2.70 bits per heavy atom. The number of nitro benzene ring substituents is 1. The van der Waals surface area contributed by atoms with Gasteiger partial charge in [-0.1, -0.05) is 13.8 Å². The Morgan fingerprint density at radius 2 is 2.20 bits per heavy atom. The molecule has 1 rings (SSSR count). The van der Waals surface area contributed by atoms with Crippen LogP contribution in [0.15, 0.2) is 18.2 Å². The number of nitro groups is 1. The third kappa shape index (κ3) is 4.47. The number of hydrogen-bond acceptors (Lipinski definition) is 5. The first-order valence-corrected chi connectivity index (χ1v) is 5.87. The van der Waals surface area contributed by atoms with Gasteiger partial charge in [0.25, 0.3) is 0 Å². The second-order valence-corrected chi connectivity index (χ2v) is 4.39. The third-order valence-electron chi connectivity index (χ3n) is 2.36. The van der Waals surface area contributed by atoms with E-state index in [0.717, 1.165) is 18.2 Å². The standard InChI is InChI=1S/C12H15FN2O5/c1-7(2)14-9(12(16)17)6-20-11-4-3-8(13)5-10(11)15(18)19/h3-5,7,9,14H,6H2,1-2H3,(H,16,17). The molecule has 8 heteroatoms. The highest BCUT2D eigenvalue weighted by atomic mass is 19.1. The largest absolute Gasteiger partial charge is 0.485 e. The molecule has 0 aliphatic carbocycles. The smallest absolute Gasteiger partial charge is 0.324 e. The van der Waals surface area contributed by atoms with Gasteiger partial charge in [0.2, 0.25) is 0 Å². The average Bonchev–Trinajstić information content (AvgIpc) is 2.34. The molecular weight excluding hydrogens is 271 g/mol. The van der Waals surface area contributed by atoms with Crippen LogP contribution >= 0.6 is 0 Å². The van der Waals surface area contributed by atoms with E-state index < -0.39 is 28.4 Å². The second kappa shape index (κ2) is 6.80. The van der Waals surface area contributed by atoms with E-state index in [1.165, 1.54) is 0 Å². The zero-order chi connectivity index (χ0) is 15.3. The minimum Gasteiger partial charge on any atom is -0.485 e. The number of carboxylic acid groups (broad SMARTS) is 1. The van der Waals surface area contributed by atoms with Gasteiger partial charge in [-0.05, 0) is 12.1 Å². The summed E-state index contributed by atoms with van der Waals surface area (Å²) >= 11 is 0. The van der Waals surface area contributed by atoms with Crippen molar-refractivity contribution in [3.05, 3.63) is 34.1 Å². The number of nitrogens with zero attached hydrogens (tertiary/aromatic N) is 1. The topological polar surface area (TPSA) is 102 Å². The number of benzene rings is 1. The number of ether oxygens (including phenoxy) is 1. The van der Waals surface area contributed by atoms with Gasteiger partial charge in [-0.2, -0.15) is 0 Å². The van der Waals surface area contributed by atoms with E-state index in [1.54, 1.807) is 13.8 Å². The molecule has 7 nitrogen and oxygen atoms in total. The van der Waals surface area contributed by atoms with Crippen LogP contribution in [0.4, 0.5) is 10.1 Å². The molecule has 0 saturated heterocycles. The van der Waals surface area contributed by atoms with E-state index in [2.05, 4.69) is 5.32 Å². The fourth-order valence-corrected chi connectivity index (χ4v) is 1.52. The lowest BCUT2D eigenvalue weighted by Crippen LogP contribution is -2.44. The van der Waals surface area contributed by atoms with E-state index in [1.807, 2.05) is 0 Å². The Balaban J connectivity index is 2.82. The fraction of sp³-hybridized carbons (Fsp3) is 0.417. The number of carbonyl (C=O) groups is 1. The predicted molar refractivity (Wildman–Crippen MR) is 68.2 cm³/mol. The van der Waals surface area contributed by atoms with Crippen LogP contribution in [-0.4, -0.2) is 34.7 Å². The maximum atomic E-state index is 12.9. The summed E-state index contributed by atoms with van der Waals surface area (Å²) in [5.74, 6) is -2.07. The molecule has 2 N–H and O–H groups in total.